The highest BCUT2D eigenvalue weighted by molar-refractivity contribution is 5.72. The number of hydrogen-bond acceptors (Lipinski definition) is 3. The van der Waals surface area contributed by atoms with E-state index in [2.05, 4.69) is 56.9 Å². The molecule has 0 aromatic heterocycles. The number of nitriles is 1. The van der Waals surface area contributed by atoms with E-state index in [9.17, 15) is 0 Å². The van der Waals surface area contributed by atoms with E-state index in [1.165, 1.54) is 0 Å². The monoisotopic (exact) mass is 385 g/mol. The fourth-order valence-corrected chi connectivity index (χ4v) is 4.15. The van der Waals surface area contributed by atoms with Crippen molar-refractivity contribution < 1.29 is 0 Å². The molecule has 0 aliphatic heterocycles. The Hall–Kier alpha value is -2.99. The molecule has 2 N–H and O–H groups in total. The van der Waals surface area contributed by atoms with Crippen LogP contribution < -0.4 is 10.6 Å². The lowest BCUT2D eigenvalue weighted by Crippen LogP contribution is -2.36. The molecular weight excluding hydrogens is 354 g/mol. The van der Waals surface area contributed by atoms with Crippen LogP contribution in [0, 0.1) is 22.2 Å². The first-order valence-electron chi connectivity index (χ1n) is 10.4. The van der Waals surface area contributed by atoms with Crippen LogP contribution in [0.4, 0.5) is 17.1 Å². The molecule has 0 amide bonds. The van der Waals surface area contributed by atoms with Gasteiger partial charge in [-0.3, -0.25) is 0 Å². The van der Waals surface area contributed by atoms with Gasteiger partial charge in [-0.2, -0.15) is 5.26 Å². The van der Waals surface area contributed by atoms with Crippen LogP contribution in [0.1, 0.15) is 52.5 Å². The molecule has 3 heteroatoms. The minimum Gasteiger partial charge on any atom is -0.399 e. The summed E-state index contributed by atoms with van der Waals surface area (Å²) in [6, 6.07) is 17.9. The van der Waals surface area contributed by atoms with Crippen molar-refractivity contribution in [1.29, 1.82) is 5.26 Å². The van der Waals surface area contributed by atoms with Gasteiger partial charge in [-0.15, -0.1) is 0 Å². The SMILES string of the molecule is CCC(C)(CC)C1(C)C=CC(N(c2ccc(N)cc2)c2ccc(C#N)cc2)=CC1. The van der Waals surface area contributed by atoms with Crippen LogP contribution in [0.15, 0.2) is 72.5 Å². The molecule has 150 valence electrons. The summed E-state index contributed by atoms with van der Waals surface area (Å²) >= 11 is 0. The van der Waals surface area contributed by atoms with Gasteiger partial charge in [-0.05, 0) is 84.7 Å². The molecule has 1 aliphatic rings. The fourth-order valence-electron chi connectivity index (χ4n) is 4.15. The Bertz CT molecular complexity index is 941. The van der Waals surface area contributed by atoms with Gasteiger partial charge in [-0.25, -0.2) is 0 Å². The van der Waals surface area contributed by atoms with Crippen molar-refractivity contribution in [3.05, 3.63) is 78.0 Å². The van der Waals surface area contributed by atoms with Crippen LogP contribution in [0.3, 0.4) is 0 Å². The number of allylic oxidation sites excluding steroid dienone is 3. The molecule has 0 fully saturated rings. The standard InChI is InChI=1S/C26H31N3/c1-5-25(3,6-2)26(4)17-15-24(16-18-26)29(23-13-9-21(28)10-14-23)22-11-7-20(19-27)8-12-22/h7-17H,5-6,18,28H2,1-4H3. The molecule has 2 aromatic rings. The van der Waals surface area contributed by atoms with Gasteiger partial charge in [0.25, 0.3) is 0 Å². The van der Waals surface area contributed by atoms with E-state index >= 15 is 0 Å². The van der Waals surface area contributed by atoms with Gasteiger partial charge in [-0.1, -0.05) is 39.8 Å². The van der Waals surface area contributed by atoms with Crippen molar-refractivity contribution in [3.8, 4) is 6.07 Å². The summed E-state index contributed by atoms with van der Waals surface area (Å²) in [6.45, 7) is 9.35. The average Bonchev–Trinajstić information content (AvgIpc) is 2.76. The Morgan fingerprint density at radius 1 is 1.03 bits per heavy atom. The third kappa shape index (κ3) is 3.93. The first kappa shape index (κ1) is 20.7. The van der Waals surface area contributed by atoms with E-state index < -0.39 is 0 Å². The van der Waals surface area contributed by atoms with Crippen LogP contribution in [0.2, 0.25) is 0 Å². The fraction of sp³-hybridized carbons (Fsp3) is 0.346. The quantitative estimate of drug-likeness (QED) is 0.547. The van der Waals surface area contributed by atoms with Crippen LogP contribution in [-0.4, -0.2) is 0 Å². The predicted octanol–water partition coefficient (Wildman–Crippen LogP) is 6.95. The number of benzene rings is 2. The molecule has 1 unspecified atom stereocenters. The molecule has 2 aromatic carbocycles. The molecule has 1 aliphatic carbocycles. The average molecular weight is 386 g/mol. The maximum Gasteiger partial charge on any atom is 0.0991 e. The lowest BCUT2D eigenvalue weighted by atomic mass is 9.60. The third-order valence-electron chi connectivity index (χ3n) is 6.96. The molecule has 29 heavy (non-hydrogen) atoms. The Balaban J connectivity index is 2.01. The number of anilines is 3. The molecule has 1 atom stereocenters. The summed E-state index contributed by atoms with van der Waals surface area (Å²) in [5.74, 6) is 0. The van der Waals surface area contributed by atoms with E-state index in [1.807, 2.05) is 48.5 Å². The first-order chi connectivity index (χ1) is 13.9. The highest BCUT2D eigenvalue weighted by atomic mass is 15.1. The Labute approximate surface area is 175 Å². The molecule has 0 spiro atoms. The highest BCUT2D eigenvalue weighted by Crippen LogP contribution is 2.50. The second kappa shape index (κ2) is 8.17. The maximum absolute atomic E-state index is 9.14. The Kier molecular flexibility index (Phi) is 5.84. The molecule has 0 radical (unpaired) electrons. The molecular formula is C26H31N3. The molecule has 0 saturated carbocycles. The van der Waals surface area contributed by atoms with Gasteiger partial charge in [0.1, 0.15) is 0 Å². The number of nitrogens with two attached hydrogens (primary N) is 1. The maximum atomic E-state index is 9.14. The number of nitrogen functional groups attached to an aromatic ring is 1. The molecule has 3 rings (SSSR count). The second-order valence-corrected chi connectivity index (χ2v) is 8.44. The number of rotatable bonds is 6. The zero-order chi connectivity index (χ0) is 21.1. The van der Waals surface area contributed by atoms with Gasteiger partial charge in [0.05, 0.1) is 11.6 Å². The first-order valence-corrected chi connectivity index (χ1v) is 10.4. The Morgan fingerprint density at radius 3 is 2.03 bits per heavy atom. The zero-order valence-electron chi connectivity index (χ0n) is 17.9. The van der Waals surface area contributed by atoms with Crippen LogP contribution >= 0.6 is 0 Å². The number of hydrogen-bond donors (Lipinski definition) is 1. The van der Waals surface area contributed by atoms with Gasteiger partial charge >= 0.3 is 0 Å². The van der Waals surface area contributed by atoms with Crippen LogP contribution in [0.25, 0.3) is 0 Å². The van der Waals surface area contributed by atoms with Crippen molar-refractivity contribution in [2.24, 2.45) is 10.8 Å². The molecule has 0 heterocycles. The third-order valence-corrected chi connectivity index (χ3v) is 6.96. The van der Waals surface area contributed by atoms with Gasteiger partial charge < -0.3 is 10.6 Å². The van der Waals surface area contributed by atoms with Crippen LogP contribution in [-0.2, 0) is 0 Å². The smallest absolute Gasteiger partial charge is 0.0991 e. The number of nitrogens with zero attached hydrogens (tertiary/aromatic N) is 2. The predicted molar refractivity (Wildman–Crippen MR) is 123 cm³/mol. The lowest BCUT2D eigenvalue weighted by Gasteiger charge is -2.46. The summed E-state index contributed by atoms with van der Waals surface area (Å²) in [5.41, 5.74) is 11.0. The summed E-state index contributed by atoms with van der Waals surface area (Å²) in [6.07, 6.45) is 10.3. The largest absolute Gasteiger partial charge is 0.399 e. The van der Waals surface area contributed by atoms with Crippen molar-refractivity contribution in [2.45, 2.75) is 47.0 Å². The normalized spacial score (nSPS) is 18.8. The van der Waals surface area contributed by atoms with Gasteiger partial charge in [0, 0.05) is 22.8 Å². The highest BCUT2D eigenvalue weighted by Gasteiger charge is 2.40. The van der Waals surface area contributed by atoms with Crippen LogP contribution in [0.5, 0.6) is 0 Å². The van der Waals surface area contributed by atoms with E-state index in [0.717, 1.165) is 42.0 Å². The molecule has 0 saturated heterocycles. The van der Waals surface area contributed by atoms with E-state index in [0.29, 0.717) is 5.56 Å². The lowest BCUT2D eigenvalue weighted by molar-refractivity contribution is 0.109. The van der Waals surface area contributed by atoms with Crippen molar-refractivity contribution >= 4 is 17.1 Å². The minimum absolute atomic E-state index is 0.136. The van der Waals surface area contributed by atoms with Crippen molar-refractivity contribution in [1.82, 2.24) is 0 Å². The summed E-state index contributed by atoms with van der Waals surface area (Å²) < 4.78 is 0. The minimum atomic E-state index is 0.136. The van der Waals surface area contributed by atoms with Crippen molar-refractivity contribution in [2.75, 3.05) is 10.6 Å². The zero-order valence-corrected chi connectivity index (χ0v) is 17.9. The summed E-state index contributed by atoms with van der Waals surface area (Å²) in [5, 5.41) is 9.14. The van der Waals surface area contributed by atoms with Gasteiger partial charge in [0.2, 0.25) is 0 Å². The summed E-state index contributed by atoms with van der Waals surface area (Å²) in [4.78, 5) is 2.23. The Morgan fingerprint density at radius 2 is 1.59 bits per heavy atom. The molecule has 3 nitrogen and oxygen atoms in total. The van der Waals surface area contributed by atoms with Crippen molar-refractivity contribution in [3.63, 3.8) is 0 Å². The second-order valence-electron chi connectivity index (χ2n) is 8.44. The summed E-state index contributed by atoms with van der Waals surface area (Å²) in [7, 11) is 0. The van der Waals surface area contributed by atoms with E-state index in [-0.39, 0.29) is 10.8 Å². The van der Waals surface area contributed by atoms with Gasteiger partial charge in [0.15, 0.2) is 0 Å². The van der Waals surface area contributed by atoms with E-state index in [4.69, 9.17) is 11.0 Å². The molecule has 0 bridgehead atoms. The topological polar surface area (TPSA) is 53.0 Å². The van der Waals surface area contributed by atoms with E-state index in [1.54, 1.807) is 0 Å².